The van der Waals surface area contributed by atoms with Gasteiger partial charge in [-0.3, -0.25) is 4.68 Å². The Balaban J connectivity index is 1.52. The van der Waals surface area contributed by atoms with Crippen molar-refractivity contribution < 1.29 is 4.74 Å². The highest BCUT2D eigenvalue weighted by Gasteiger charge is 2.44. The first kappa shape index (κ1) is 16.3. The molecule has 1 aromatic heterocycles. The first-order chi connectivity index (χ1) is 12.8. The van der Waals surface area contributed by atoms with Crippen LogP contribution in [0.3, 0.4) is 0 Å². The summed E-state index contributed by atoms with van der Waals surface area (Å²) < 4.78 is 8.87. The summed E-state index contributed by atoms with van der Waals surface area (Å²) in [6.07, 6.45) is 6.82. The fourth-order valence-electron chi connectivity index (χ4n) is 4.78. The molecule has 3 aliphatic heterocycles. The van der Waals surface area contributed by atoms with Gasteiger partial charge in [-0.1, -0.05) is 12.1 Å². The Bertz CT molecular complexity index is 785. The maximum absolute atomic E-state index is 6.64. The van der Waals surface area contributed by atoms with Gasteiger partial charge in [0.15, 0.2) is 0 Å². The van der Waals surface area contributed by atoms with Gasteiger partial charge in [-0.2, -0.15) is 5.10 Å². The summed E-state index contributed by atoms with van der Waals surface area (Å²) in [5.74, 6) is 1.02. The Morgan fingerprint density at radius 1 is 1.04 bits per heavy atom. The molecule has 2 fully saturated rings. The number of rotatable bonds is 3. The van der Waals surface area contributed by atoms with Crippen molar-refractivity contribution in [2.45, 2.75) is 37.8 Å². The van der Waals surface area contributed by atoms with Crippen LogP contribution in [0.15, 0.2) is 30.5 Å². The van der Waals surface area contributed by atoms with E-state index in [1.54, 1.807) is 0 Å². The zero-order valence-corrected chi connectivity index (χ0v) is 15.7. The van der Waals surface area contributed by atoms with Crippen LogP contribution < -0.4 is 4.74 Å². The zero-order valence-electron chi connectivity index (χ0n) is 15.7. The van der Waals surface area contributed by atoms with Gasteiger partial charge >= 0.3 is 0 Å². The highest BCUT2D eigenvalue weighted by atomic mass is 16.5. The molecule has 1 aromatic carbocycles. The first-order valence-corrected chi connectivity index (χ1v) is 10.0. The van der Waals surface area contributed by atoms with E-state index >= 15 is 0 Å². The molecule has 0 unspecified atom stereocenters. The molecule has 5 heteroatoms. The Kier molecular flexibility index (Phi) is 4.02. The Labute approximate surface area is 155 Å². The van der Waals surface area contributed by atoms with Gasteiger partial charge in [-0.15, -0.1) is 0 Å². The minimum Gasteiger partial charge on any atom is -0.482 e. The summed E-state index contributed by atoms with van der Waals surface area (Å²) >= 11 is 0. The van der Waals surface area contributed by atoms with Crippen LogP contribution in [0.1, 0.15) is 31.2 Å². The van der Waals surface area contributed by atoms with E-state index in [1.165, 1.54) is 42.8 Å². The molecule has 4 heterocycles. The molecule has 138 valence electrons. The van der Waals surface area contributed by atoms with Crippen LogP contribution in [0.2, 0.25) is 0 Å². The maximum Gasteiger partial charge on any atom is 0.140 e. The number of benzene rings is 1. The van der Waals surface area contributed by atoms with Crippen LogP contribution in [-0.2, 0) is 12.1 Å². The lowest BCUT2D eigenvalue weighted by atomic mass is 9.81. The fraction of sp³-hybridized carbons (Fsp3) is 0.571. The van der Waals surface area contributed by atoms with Crippen molar-refractivity contribution >= 4 is 0 Å². The second-order valence-electron chi connectivity index (χ2n) is 8.07. The van der Waals surface area contributed by atoms with Crippen LogP contribution in [0, 0.1) is 0 Å². The van der Waals surface area contributed by atoms with E-state index in [1.807, 2.05) is 0 Å². The number of piperidine rings is 1. The smallest absolute Gasteiger partial charge is 0.140 e. The van der Waals surface area contributed by atoms with Crippen LogP contribution in [0.25, 0.3) is 11.3 Å². The van der Waals surface area contributed by atoms with Gasteiger partial charge in [-0.05, 0) is 45.1 Å². The zero-order chi connectivity index (χ0) is 17.6. The molecule has 0 atom stereocenters. The average Bonchev–Trinajstić information content (AvgIpc) is 3.33. The SMILES string of the molecule is CN1CCC2(CC1)Oc1ccccc1-c1c2cnn1CCN1CCCC1. The minimum absolute atomic E-state index is 0.206. The third-order valence-corrected chi connectivity index (χ3v) is 6.40. The van der Waals surface area contributed by atoms with Gasteiger partial charge in [0.25, 0.3) is 0 Å². The van der Waals surface area contributed by atoms with E-state index in [-0.39, 0.29) is 5.60 Å². The normalized spacial score (nSPS) is 22.2. The molecule has 0 saturated carbocycles. The summed E-state index contributed by atoms with van der Waals surface area (Å²) in [5, 5.41) is 4.82. The lowest BCUT2D eigenvalue weighted by Gasteiger charge is -2.43. The second kappa shape index (κ2) is 6.39. The summed E-state index contributed by atoms with van der Waals surface area (Å²) in [6, 6.07) is 8.49. The van der Waals surface area contributed by atoms with Crippen LogP contribution >= 0.6 is 0 Å². The van der Waals surface area contributed by atoms with Crippen molar-refractivity contribution in [1.29, 1.82) is 0 Å². The fourth-order valence-corrected chi connectivity index (χ4v) is 4.78. The third kappa shape index (κ3) is 2.65. The van der Waals surface area contributed by atoms with Gasteiger partial charge in [0, 0.05) is 43.6 Å². The molecule has 5 nitrogen and oxygen atoms in total. The van der Waals surface area contributed by atoms with Crippen LogP contribution in [-0.4, -0.2) is 59.4 Å². The molecule has 5 rings (SSSR count). The monoisotopic (exact) mass is 352 g/mol. The van der Waals surface area contributed by atoms with E-state index in [0.29, 0.717) is 0 Å². The summed E-state index contributed by atoms with van der Waals surface area (Å²) in [4.78, 5) is 4.96. The number of para-hydroxylation sites is 1. The number of hydrogen-bond donors (Lipinski definition) is 0. The summed E-state index contributed by atoms with van der Waals surface area (Å²) in [7, 11) is 2.20. The van der Waals surface area contributed by atoms with Crippen molar-refractivity contribution in [2.24, 2.45) is 0 Å². The van der Waals surface area contributed by atoms with Gasteiger partial charge in [-0.25, -0.2) is 0 Å². The Hall–Kier alpha value is -1.85. The van der Waals surface area contributed by atoms with E-state index in [2.05, 4.69) is 52.0 Å². The maximum atomic E-state index is 6.64. The van der Waals surface area contributed by atoms with Crippen LogP contribution in [0.5, 0.6) is 5.75 Å². The van der Waals surface area contributed by atoms with Crippen molar-refractivity contribution in [3.8, 4) is 17.0 Å². The Morgan fingerprint density at radius 3 is 2.62 bits per heavy atom. The topological polar surface area (TPSA) is 33.5 Å². The van der Waals surface area contributed by atoms with Gasteiger partial charge < -0.3 is 14.5 Å². The number of aromatic nitrogens is 2. The molecule has 2 aromatic rings. The van der Waals surface area contributed by atoms with Gasteiger partial charge in [0.2, 0.25) is 0 Å². The molecule has 0 aliphatic carbocycles. The predicted octanol–water partition coefficient (Wildman–Crippen LogP) is 2.96. The molecule has 0 bridgehead atoms. The van der Waals surface area contributed by atoms with E-state index in [0.717, 1.165) is 44.8 Å². The lowest BCUT2D eigenvalue weighted by Crippen LogP contribution is -2.46. The van der Waals surface area contributed by atoms with Crippen molar-refractivity contribution in [2.75, 3.05) is 39.8 Å². The molecule has 1 spiro atoms. The second-order valence-corrected chi connectivity index (χ2v) is 8.07. The quantitative estimate of drug-likeness (QED) is 0.850. The number of nitrogens with zero attached hydrogens (tertiary/aromatic N) is 4. The molecule has 26 heavy (non-hydrogen) atoms. The molecule has 2 saturated heterocycles. The third-order valence-electron chi connectivity index (χ3n) is 6.40. The van der Waals surface area contributed by atoms with Gasteiger partial charge in [0.1, 0.15) is 11.4 Å². The molecule has 0 N–H and O–H groups in total. The Morgan fingerprint density at radius 2 is 1.81 bits per heavy atom. The molecular formula is C21H28N4O. The summed E-state index contributed by atoms with van der Waals surface area (Å²) in [6.45, 7) is 6.66. The summed E-state index contributed by atoms with van der Waals surface area (Å²) in [5.41, 5.74) is 3.58. The number of fused-ring (bicyclic) bond motifs is 4. The minimum atomic E-state index is -0.206. The lowest BCUT2D eigenvalue weighted by molar-refractivity contribution is 0.00158. The highest BCUT2D eigenvalue weighted by Crippen LogP contribution is 2.49. The standard InChI is InChI=1S/C21H28N4O/c1-23-12-8-21(9-13-23)18-16-22-25(15-14-24-10-4-5-11-24)20(18)17-6-2-3-7-19(17)26-21/h2-3,6-7,16H,4-5,8-15H2,1H3. The van der Waals surface area contributed by atoms with Crippen molar-refractivity contribution in [1.82, 2.24) is 19.6 Å². The average molecular weight is 352 g/mol. The largest absolute Gasteiger partial charge is 0.482 e. The van der Waals surface area contributed by atoms with E-state index in [9.17, 15) is 0 Å². The number of hydrogen-bond acceptors (Lipinski definition) is 4. The van der Waals surface area contributed by atoms with Crippen LogP contribution in [0.4, 0.5) is 0 Å². The molecule has 0 radical (unpaired) electrons. The molecular weight excluding hydrogens is 324 g/mol. The number of likely N-dealkylation sites (tertiary alicyclic amines) is 2. The number of ether oxygens (including phenoxy) is 1. The van der Waals surface area contributed by atoms with E-state index in [4.69, 9.17) is 9.84 Å². The van der Waals surface area contributed by atoms with E-state index < -0.39 is 0 Å². The van der Waals surface area contributed by atoms with Gasteiger partial charge in [0.05, 0.1) is 18.4 Å². The predicted molar refractivity (Wildman–Crippen MR) is 102 cm³/mol. The van der Waals surface area contributed by atoms with Crippen molar-refractivity contribution in [3.63, 3.8) is 0 Å². The van der Waals surface area contributed by atoms with Crippen molar-refractivity contribution in [3.05, 3.63) is 36.0 Å². The molecule has 0 amide bonds. The highest BCUT2D eigenvalue weighted by molar-refractivity contribution is 5.73. The molecule has 3 aliphatic rings. The first-order valence-electron chi connectivity index (χ1n) is 10.0.